The molecular weight excluding hydrogens is 484 g/mol. The molecule has 2 heterocycles. The van der Waals surface area contributed by atoms with Gasteiger partial charge in [0.05, 0.1) is 13.2 Å². The molecule has 0 saturated heterocycles. The van der Waals surface area contributed by atoms with Crippen LogP contribution in [-0.4, -0.2) is 55.0 Å². The number of fused-ring (bicyclic) bond motifs is 1. The molecule has 1 atom stereocenters. The average Bonchev–Trinajstić information content (AvgIpc) is 3.39. The zero-order valence-electron chi connectivity index (χ0n) is 22.1. The van der Waals surface area contributed by atoms with Crippen molar-refractivity contribution in [3.63, 3.8) is 0 Å². The predicted molar refractivity (Wildman–Crippen MR) is 148 cm³/mol. The van der Waals surface area contributed by atoms with Crippen LogP contribution in [0.4, 0.5) is 0 Å². The fourth-order valence-electron chi connectivity index (χ4n) is 4.54. The van der Waals surface area contributed by atoms with E-state index in [1.807, 2.05) is 42.2 Å². The van der Waals surface area contributed by atoms with Crippen LogP contribution in [0.25, 0.3) is 0 Å². The van der Waals surface area contributed by atoms with Gasteiger partial charge >= 0.3 is 0 Å². The number of methoxy groups -OCH3 is 1. The van der Waals surface area contributed by atoms with Crippen LogP contribution in [0, 0.1) is 12.8 Å². The number of rotatable bonds is 10. The predicted octanol–water partition coefficient (Wildman–Crippen LogP) is 5.76. The first-order valence-corrected chi connectivity index (χ1v) is 13.7. The molecule has 0 spiro atoms. The fourth-order valence-corrected chi connectivity index (χ4v) is 5.47. The summed E-state index contributed by atoms with van der Waals surface area (Å²) in [5, 5.41) is 2.08. The molecule has 1 aromatic heterocycles. The fraction of sp³-hybridized carbons (Fsp3) is 0.400. The van der Waals surface area contributed by atoms with Crippen LogP contribution in [-0.2, 0) is 11.2 Å². The molecule has 0 N–H and O–H groups in total. The topological polar surface area (TPSA) is 59.1 Å². The second-order valence-corrected chi connectivity index (χ2v) is 10.9. The minimum Gasteiger partial charge on any atom is -0.497 e. The molecule has 0 fully saturated rings. The Labute approximate surface area is 223 Å². The maximum Gasteiger partial charge on any atom is 0.254 e. The van der Waals surface area contributed by atoms with Gasteiger partial charge in [0.1, 0.15) is 24.7 Å². The van der Waals surface area contributed by atoms with Gasteiger partial charge in [0.25, 0.3) is 5.91 Å². The Bertz CT molecular complexity index is 1200. The normalized spacial score (nSPS) is 14.8. The van der Waals surface area contributed by atoms with Crippen LogP contribution in [0.2, 0.25) is 0 Å². The van der Waals surface area contributed by atoms with E-state index in [9.17, 15) is 9.59 Å². The van der Waals surface area contributed by atoms with Crippen molar-refractivity contribution in [2.75, 3.05) is 33.4 Å². The number of hydrogen-bond donors (Lipinski definition) is 0. The third-order valence-corrected chi connectivity index (χ3v) is 7.75. The molecule has 37 heavy (non-hydrogen) atoms. The minimum atomic E-state index is -0.192. The van der Waals surface area contributed by atoms with E-state index in [0.717, 1.165) is 24.2 Å². The van der Waals surface area contributed by atoms with E-state index in [2.05, 4.69) is 25.3 Å². The summed E-state index contributed by atoms with van der Waals surface area (Å²) in [5.74, 6) is 1.60. The standard InChI is InChI=1S/C30H36N2O4S/c1-21(2)12-15-31(30(34)23-6-5-7-25(18-23)35-4)19-29(33)32-16-13-28-26(14-17-37-28)27(32)20-36-24-10-8-22(3)9-11-24/h5-11,14,17-18,21,27H,12-13,15-16,19-20H2,1-4H3. The van der Waals surface area contributed by atoms with Crippen molar-refractivity contribution in [1.29, 1.82) is 0 Å². The van der Waals surface area contributed by atoms with Gasteiger partial charge < -0.3 is 19.3 Å². The highest BCUT2D eigenvalue weighted by Crippen LogP contribution is 2.34. The Balaban J connectivity index is 1.53. The zero-order chi connectivity index (χ0) is 26.4. The third-order valence-electron chi connectivity index (χ3n) is 6.75. The third kappa shape index (κ3) is 6.72. The quantitative estimate of drug-likeness (QED) is 0.341. The van der Waals surface area contributed by atoms with Gasteiger partial charge in [0, 0.05) is 23.5 Å². The summed E-state index contributed by atoms with van der Waals surface area (Å²) in [5.41, 5.74) is 2.84. The lowest BCUT2D eigenvalue weighted by Crippen LogP contribution is -2.48. The van der Waals surface area contributed by atoms with E-state index in [4.69, 9.17) is 9.47 Å². The monoisotopic (exact) mass is 520 g/mol. The van der Waals surface area contributed by atoms with Gasteiger partial charge in [-0.25, -0.2) is 0 Å². The number of thiophene rings is 1. The van der Waals surface area contributed by atoms with Gasteiger partial charge in [0.15, 0.2) is 0 Å². The van der Waals surface area contributed by atoms with E-state index in [0.29, 0.717) is 36.9 Å². The van der Waals surface area contributed by atoms with E-state index in [1.54, 1.807) is 41.5 Å². The summed E-state index contributed by atoms with van der Waals surface area (Å²) in [4.78, 5) is 32.1. The van der Waals surface area contributed by atoms with Crippen molar-refractivity contribution in [3.8, 4) is 11.5 Å². The van der Waals surface area contributed by atoms with Crippen LogP contribution in [0.5, 0.6) is 11.5 Å². The van der Waals surface area contributed by atoms with Crippen LogP contribution < -0.4 is 9.47 Å². The Morgan fingerprint density at radius 2 is 1.89 bits per heavy atom. The molecular formula is C30H36N2O4S. The van der Waals surface area contributed by atoms with Gasteiger partial charge in [0.2, 0.25) is 5.91 Å². The molecule has 7 heteroatoms. The van der Waals surface area contributed by atoms with Gasteiger partial charge in [-0.15, -0.1) is 11.3 Å². The summed E-state index contributed by atoms with van der Waals surface area (Å²) < 4.78 is 11.5. The highest BCUT2D eigenvalue weighted by molar-refractivity contribution is 7.10. The molecule has 1 unspecified atom stereocenters. The first kappa shape index (κ1) is 26.7. The maximum atomic E-state index is 13.8. The Morgan fingerprint density at radius 3 is 2.62 bits per heavy atom. The number of amides is 2. The molecule has 196 valence electrons. The van der Waals surface area contributed by atoms with Crippen molar-refractivity contribution in [2.24, 2.45) is 5.92 Å². The van der Waals surface area contributed by atoms with Gasteiger partial charge in [-0.3, -0.25) is 9.59 Å². The largest absolute Gasteiger partial charge is 0.497 e. The summed E-state index contributed by atoms with van der Waals surface area (Å²) in [7, 11) is 1.58. The highest BCUT2D eigenvalue weighted by Gasteiger charge is 2.33. The maximum absolute atomic E-state index is 13.8. The van der Waals surface area contributed by atoms with Crippen LogP contribution in [0.15, 0.2) is 60.0 Å². The Morgan fingerprint density at radius 1 is 1.11 bits per heavy atom. The van der Waals surface area contributed by atoms with Crippen LogP contribution in [0.3, 0.4) is 0 Å². The second kappa shape index (κ2) is 12.3. The van der Waals surface area contributed by atoms with E-state index < -0.39 is 0 Å². The zero-order valence-corrected chi connectivity index (χ0v) is 22.9. The SMILES string of the molecule is COc1cccc(C(=O)N(CCC(C)C)CC(=O)N2CCc3sccc3C2COc2ccc(C)cc2)c1. The van der Waals surface area contributed by atoms with Gasteiger partial charge in [-0.1, -0.05) is 37.6 Å². The van der Waals surface area contributed by atoms with E-state index >= 15 is 0 Å². The van der Waals surface area contributed by atoms with Gasteiger partial charge in [-0.2, -0.15) is 0 Å². The molecule has 4 rings (SSSR count). The molecule has 6 nitrogen and oxygen atoms in total. The lowest BCUT2D eigenvalue weighted by molar-refractivity contribution is -0.135. The lowest BCUT2D eigenvalue weighted by atomic mass is 10.00. The van der Waals surface area contributed by atoms with Crippen LogP contribution >= 0.6 is 11.3 Å². The number of carbonyl (C=O) groups excluding carboxylic acids is 2. The minimum absolute atomic E-state index is 0.0310. The number of aryl methyl sites for hydroxylation is 1. The number of hydrogen-bond acceptors (Lipinski definition) is 5. The van der Waals surface area contributed by atoms with E-state index in [-0.39, 0.29) is 24.4 Å². The van der Waals surface area contributed by atoms with Crippen molar-refractivity contribution in [3.05, 3.63) is 81.5 Å². The highest BCUT2D eigenvalue weighted by atomic mass is 32.1. The number of carbonyl (C=O) groups is 2. The molecule has 0 bridgehead atoms. The first-order chi connectivity index (χ1) is 17.9. The van der Waals surface area contributed by atoms with Crippen molar-refractivity contribution in [1.82, 2.24) is 9.80 Å². The van der Waals surface area contributed by atoms with Crippen molar-refractivity contribution in [2.45, 2.75) is 39.7 Å². The molecule has 0 aliphatic carbocycles. The Hall–Kier alpha value is -3.32. The molecule has 3 aromatic rings. The lowest BCUT2D eigenvalue weighted by Gasteiger charge is -2.37. The molecule has 0 saturated carbocycles. The molecule has 0 radical (unpaired) electrons. The number of ether oxygens (including phenoxy) is 2. The smallest absolute Gasteiger partial charge is 0.254 e. The summed E-state index contributed by atoms with van der Waals surface area (Å²) in [6.45, 7) is 7.81. The molecule has 2 amide bonds. The summed E-state index contributed by atoms with van der Waals surface area (Å²) in [6, 6.07) is 17.0. The van der Waals surface area contributed by atoms with E-state index in [1.165, 1.54) is 10.4 Å². The Kier molecular flexibility index (Phi) is 8.87. The molecule has 2 aromatic carbocycles. The molecule has 1 aliphatic heterocycles. The summed E-state index contributed by atoms with van der Waals surface area (Å²) in [6.07, 6.45) is 1.63. The van der Waals surface area contributed by atoms with Gasteiger partial charge in [-0.05, 0) is 73.0 Å². The average molecular weight is 521 g/mol. The number of nitrogens with zero attached hydrogens (tertiary/aromatic N) is 2. The van der Waals surface area contributed by atoms with Crippen molar-refractivity contribution >= 4 is 23.2 Å². The molecule has 1 aliphatic rings. The van der Waals surface area contributed by atoms with Crippen LogP contribution in [0.1, 0.15) is 52.7 Å². The van der Waals surface area contributed by atoms with Crippen molar-refractivity contribution < 1.29 is 19.1 Å². The summed E-state index contributed by atoms with van der Waals surface area (Å²) >= 11 is 1.73. The first-order valence-electron chi connectivity index (χ1n) is 12.8. The second-order valence-electron chi connectivity index (χ2n) is 9.92. The number of benzene rings is 2.